The van der Waals surface area contributed by atoms with E-state index in [0.717, 1.165) is 13.0 Å². The van der Waals surface area contributed by atoms with E-state index in [4.69, 9.17) is 0 Å². The van der Waals surface area contributed by atoms with Crippen molar-refractivity contribution in [2.75, 3.05) is 13.2 Å². The molecular weight excluding hydrogens is 246 g/mol. The monoisotopic (exact) mass is 273 g/mol. The second kappa shape index (κ2) is 6.28. The topological polar surface area (TPSA) is 32.3 Å². The van der Waals surface area contributed by atoms with Crippen LogP contribution in [0.15, 0.2) is 30.3 Å². The van der Waals surface area contributed by atoms with Crippen LogP contribution in [0, 0.1) is 5.41 Å². The van der Waals surface area contributed by atoms with E-state index in [1.54, 1.807) is 0 Å². The molecular formula is C18H27NO. The molecule has 20 heavy (non-hydrogen) atoms. The summed E-state index contributed by atoms with van der Waals surface area (Å²) in [5.74, 6) is 0.676. The van der Waals surface area contributed by atoms with Crippen LogP contribution in [0.5, 0.6) is 0 Å². The molecule has 0 bridgehead atoms. The lowest BCUT2D eigenvalue weighted by atomic mass is 9.79. The lowest BCUT2D eigenvalue weighted by Crippen LogP contribution is -2.40. The molecule has 2 unspecified atom stereocenters. The van der Waals surface area contributed by atoms with Gasteiger partial charge in [0.1, 0.15) is 0 Å². The maximum absolute atomic E-state index is 9.18. The molecule has 2 aliphatic carbocycles. The number of nitrogens with one attached hydrogen (secondary N) is 1. The molecule has 2 nitrogen and oxygen atoms in total. The Morgan fingerprint density at radius 2 is 1.85 bits per heavy atom. The zero-order valence-electron chi connectivity index (χ0n) is 12.4. The predicted octanol–water partition coefficient (Wildman–Crippen LogP) is 3.47. The normalized spacial score (nSPS) is 28.2. The Hall–Kier alpha value is -0.860. The van der Waals surface area contributed by atoms with Gasteiger partial charge in [-0.1, -0.05) is 43.2 Å². The number of aliphatic hydroxyl groups excluding tert-OH is 1. The van der Waals surface area contributed by atoms with Crippen molar-refractivity contribution < 1.29 is 5.11 Å². The van der Waals surface area contributed by atoms with E-state index >= 15 is 0 Å². The maximum Gasteiger partial charge on any atom is 0.0436 e. The Morgan fingerprint density at radius 3 is 2.55 bits per heavy atom. The molecule has 0 saturated heterocycles. The van der Waals surface area contributed by atoms with Gasteiger partial charge >= 0.3 is 0 Å². The van der Waals surface area contributed by atoms with E-state index in [1.165, 1.54) is 44.1 Å². The third kappa shape index (κ3) is 3.24. The van der Waals surface area contributed by atoms with E-state index in [1.807, 2.05) is 0 Å². The van der Waals surface area contributed by atoms with Gasteiger partial charge in [0.2, 0.25) is 0 Å². The lowest BCUT2D eigenvalue weighted by molar-refractivity contribution is 0.233. The van der Waals surface area contributed by atoms with Crippen molar-refractivity contribution in [3.8, 4) is 0 Å². The number of hydrogen-bond acceptors (Lipinski definition) is 2. The highest BCUT2D eigenvalue weighted by molar-refractivity contribution is 5.22. The summed E-state index contributed by atoms with van der Waals surface area (Å²) >= 11 is 0. The molecule has 0 spiro atoms. The first-order valence-corrected chi connectivity index (χ1v) is 8.22. The quantitative estimate of drug-likeness (QED) is 0.832. The average molecular weight is 273 g/mol. The van der Waals surface area contributed by atoms with Gasteiger partial charge in [-0.3, -0.25) is 0 Å². The van der Waals surface area contributed by atoms with Gasteiger partial charge in [0.15, 0.2) is 0 Å². The van der Waals surface area contributed by atoms with Crippen LogP contribution in [0.3, 0.4) is 0 Å². The molecule has 0 radical (unpaired) electrons. The first-order chi connectivity index (χ1) is 9.83. The fourth-order valence-corrected chi connectivity index (χ4v) is 3.75. The Bertz CT molecular complexity index is 413. The summed E-state index contributed by atoms with van der Waals surface area (Å²) in [6, 6.07) is 11.6. The van der Waals surface area contributed by atoms with Crippen molar-refractivity contribution in [3.63, 3.8) is 0 Å². The fourth-order valence-electron chi connectivity index (χ4n) is 3.75. The van der Waals surface area contributed by atoms with Crippen LogP contribution >= 0.6 is 0 Å². The summed E-state index contributed by atoms with van der Waals surface area (Å²) in [6.45, 7) is 1.44. The van der Waals surface area contributed by atoms with Gasteiger partial charge in [0.05, 0.1) is 0 Å². The minimum absolute atomic E-state index is 0.342. The molecule has 3 rings (SSSR count). The molecule has 2 aliphatic rings. The molecule has 1 aromatic rings. The van der Waals surface area contributed by atoms with Gasteiger partial charge in [-0.2, -0.15) is 0 Å². The molecule has 0 aromatic heterocycles. The van der Waals surface area contributed by atoms with Gasteiger partial charge < -0.3 is 10.4 Å². The Balaban J connectivity index is 1.61. The van der Waals surface area contributed by atoms with Gasteiger partial charge in [-0.05, 0) is 49.0 Å². The highest BCUT2D eigenvalue weighted by atomic mass is 16.3. The van der Waals surface area contributed by atoms with Gasteiger partial charge in [0, 0.05) is 19.2 Å². The van der Waals surface area contributed by atoms with Crippen molar-refractivity contribution in [1.82, 2.24) is 5.32 Å². The number of aliphatic hydroxyl groups is 1. The molecule has 0 amide bonds. The van der Waals surface area contributed by atoms with Gasteiger partial charge in [0.25, 0.3) is 0 Å². The smallest absolute Gasteiger partial charge is 0.0436 e. The van der Waals surface area contributed by atoms with Crippen LogP contribution in [0.4, 0.5) is 0 Å². The van der Waals surface area contributed by atoms with E-state index in [2.05, 4.69) is 35.6 Å². The predicted molar refractivity (Wildman–Crippen MR) is 82.8 cm³/mol. The first kappa shape index (κ1) is 14.1. The first-order valence-electron chi connectivity index (χ1n) is 8.22. The van der Waals surface area contributed by atoms with E-state index in [9.17, 15) is 5.11 Å². The van der Waals surface area contributed by atoms with E-state index in [-0.39, 0.29) is 0 Å². The van der Waals surface area contributed by atoms with Crippen molar-refractivity contribution in [1.29, 1.82) is 0 Å². The van der Waals surface area contributed by atoms with Crippen molar-refractivity contribution in [2.24, 2.45) is 5.41 Å². The summed E-state index contributed by atoms with van der Waals surface area (Å²) in [6.07, 6.45) is 8.90. The molecule has 2 heteroatoms. The Morgan fingerprint density at radius 1 is 1.10 bits per heavy atom. The summed E-state index contributed by atoms with van der Waals surface area (Å²) in [7, 11) is 0. The molecule has 0 aliphatic heterocycles. The van der Waals surface area contributed by atoms with E-state index < -0.39 is 0 Å². The zero-order valence-corrected chi connectivity index (χ0v) is 12.4. The van der Waals surface area contributed by atoms with Gasteiger partial charge in [-0.15, -0.1) is 0 Å². The zero-order chi connectivity index (χ0) is 13.8. The van der Waals surface area contributed by atoms with Crippen LogP contribution in [0.25, 0.3) is 0 Å². The highest BCUT2D eigenvalue weighted by Crippen LogP contribution is 2.48. The largest absolute Gasteiger partial charge is 0.396 e. The SMILES string of the molecule is OCCC1(CNC2CCCCC2c2ccccc2)CC1. The third-order valence-corrected chi connectivity index (χ3v) is 5.33. The van der Waals surface area contributed by atoms with E-state index in [0.29, 0.717) is 24.0 Å². The second-order valence-electron chi connectivity index (χ2n) is 6.76. The average Bonchev–Trinajstić information content (AvgIpc) is 3.27. The molecule has 2 atom stereocenters. The molecule has 110 valence electrons. The standard InChI is InChI=1S/C18H27NO/c20-13-12-18(10-11-18)14-19-17-9-5-4-8-16(17)15-6-2-1-3-7-15/h1-3,6-7,16-17,19-20H,4-5,8-14H2. The summed E-state index contributed by atoms with van der Waals surface area (Å²) in [4.78, 5) is 0. The lowest BCUT2D eigenvalue weighted by Gasteiger charge is -2.34. The van der Waals surface area contributed by atoms with Crippen LogP contribution in [0.1, 0.15) is 56.4 Å². The second-order valence-corrected chi connectivity index (χ2v) is 6.76. The van der Waals surface area contributed by atoms with Crippen LogP contribution in [0.2, 0.25) is 0 Å². The number of hydrogen-bond donors (Lipinski definition) is 2. The summed E-state index contributed by atoms with van der Waals surface area (Å²) in [5, 5.41) is 13.0. The Labute approximate surface area is 122 Å². The van der Waals surface area contributed by atoms with Gasteiger partial charge in [-0.25, -0.2) is 0 Å². The molecule has 0 heterocycles. The highest BCUT2D eigenvalue weighted by Gasteiger charge is 2.42. The minimum Gasteiger partial charge on any atom is -0.396 e. The van der Waals surface area contributed by atoms with Crippen LogP contribution in [-0.2, 0) is 0 Å². The summed E-state index contributed by atoms with van der Waals surface area (Å²) < 4.78 is 0. The maximum atomic E-state index is 9.18. The molecule has 2 N–H and O–H groups in total. The van der Waals surface area contributed by atoms with Crippen LogP contribution in [-0.4, -0.2) is 24.3 Å². The molecule has 2 saturated carbocycles. The fraction of sp³-hybridized carbons (Fsp3) is 0.667. The third-order valence-electron chi connectivity index (χ3n) is 5.33. The number of benzene rings is 1. The number of rotatable bonds is 6. The van der Waals surface area contributed by atoms with Crippen molar-refractivity contribution >= 4 is 0 Å². The van der Waals surface area contributed by atoms with Crippen molar-refractivity contribution in [2.45, 2.75) is 56.9 Å². The molecule has 2 fully saturated rings. The van der Waals surface area contributed by atoms with Crippen LogP contribution < -0.4 is 5.32 Å². The Kier molecular flexibility index (Phi) is 4.42. The minimum atomic E-state index is 0.342. The van der Waals surface area contributed by atoms with Crippen molar-refractivity contribution in [3.05, 3.63) is 35.9 Å². The summed E-state index contributed by atoms with van der Waals surface area (Å²) in [5.41, 5.74) is 1.92. The molecule has 1 aromatic carbocycles.